The monoisotopic (exact) mass is 981 g/mol. The molecule has 1 heterocycles. The minimum absolute atomic E-state index is 0.206. The van der Waals surface area contributed by atoms with Gasteiger partial charge in [0, 0.05) is 46.7 Å². The van der Waals surface area contributed by atoms with E-state index in [2.05, 4.69) is 78.1 Å². The number of Topliss-reactive ketones (excluding diaryl/α,β-unsaturated/α-hetero) is 2. The van der Waals surface area contributed by atoms with Crippen LogP contribution in [0.2, 0.25) is 9.79 Å². The van der Waals surface area contributed by atoms with Gasteiger partial charge in [-0.2, -0.15) is 0 Å². The number of carbonyl (C=O) groups excluding carboxylic acids is 2. The molecule has 0 aromatic heterocycles. The van der Waals surface area contributed by atoms with E-state index in [0.717, 1.165) is 146 Å². The fraction of sp³-hybridized carbons (Fsp3) is 0.633. The van der Waals surface area contributed by atoms with Gasteiger partial charge in [0.2, 0.25) is 11.4 Å². The minimum Gasteiger partial charge on any atom is -0.493 e. The van der Waals surface area contributed by atoms with Gasteiger partial charge in [0.05, 0.1) is 0 Å². The molecule has 0 atom stereocenters. The molecule has 65 heavy (non-hydrogen) atoms. The van der Waals surface area contributed by atoms with E-state index < -0.39 is 0 Å². The van der Waals surface area contributed by atoms with Gasteiger partial charge in [-0.15, -0.1) is 0 Å². The van der Waals surface area contributed by atoms with Crippen molar-refractivity contribution >= 4 is 23.0 Å². The fourth-order valence-corrected chi connectivity index (χ4v) is 9.59. The van der Waals surface area contributed by atoms with Crippen LogP contribution in [-0.4, -0.2) is 16.3 Å². The largest absolute Gasteiger partial charge is 0.493 e. The van der Waals surface area contributed by atoms with Gasteiger partial charge < -0.3 is 5.53 Å². The molecular weight excluding hydrogens is 887 g/mol. The number of hydrogen-bond donors (Lipinski definition) is 0. The van der Waals surface area contributed by atoms with E-state index in [1.54, 1.807) is 0 Å². The quantitative estimate of drug-likeness (QED) is 0.0220. The van der Waals surface area contributed by atoms with Crippen molar-refractivity contribution in [1.82, 2.24) is 0 Å². The Morgan fingerprint density at radius 2 is 0.877 bits per heavy atom. The van der Waals surface area contributed by atoms with E-state index in [-0.39, 0.29) is 11.6 Å². The summed E-state index contributed by atoms with van der Waals surface area (Å²) in [6.45, 7) is 18.4. The van der Waals surface area contributed by atoms with Crippen molar-refractivity contribution < 1.29 is 32.3 Å². The molecule has 0 bridgehead atoms. The Balaban J connectivity index is 0.00000191. The SMILES string of the molecule is C=C[CH2][Pd][CH2]C=C.CCCCCCCCCCCC(=O)c1cc(CCCC)cc(C2=CC(CCCCCC)=C(c3cc(CCCC)cc(C(=O)CCCCCCCCCCC)c3)[N+]2=[N-])c1. The van der Waals surface area contributed by atoms with E-state index in [1.807, 2.05) is 24.3 Å². The molecule has 366 valence electrons. The van der Waals surface area contributed by atoms with Crippen molar-refractivity contribution in [3.63, 3.8) is 0 Å². The van der Waals surface area contributed by atoms with Gasteiger partial charge in [-0.25, -0.2) is 4.70 Å². The number of carbonyl (C=O) groups is 2. The molecule has 3 rings (SSSR count). The molecule has 0 radical (unpaired) electrons. The Morgan fingerprint density at radius 1 is 0.492 bits per heavy atom. The van der Waals surface area contributed by atoms with E-state index in [0.29, 0.717) is 12.8 Å². The number of nitrogens with zero attached hydrogens (tertiary/aromatic N) is 2. The molecule has 0 aliphatic carbocycles. The second-order valence-corrected chi connectivity index (χ2v) is 20.6. The summed E-state index contributed by atoms with van der Waals surface area (Å²) in [5.41, 5.74) is 20.6. The van der Waals surface area contributed by atoms with Crippen molar-refractivity contribution in [2.75, 3.05) is 0 Å². The summed E-state index contributed by atoms with van der Waals surface area (Å²) in [4.78, 5) is 29.9. The van der Waals surface area contributed by atoms with Crippen LogP contribution in [0, 0.1) is 0 Å². The standard InChI is InChI=1S/C54H84N2O2.2C3H5.Pd/c1-6-11-16-19-21-23-25-27-30-35-52(57)48-38-44(32-14-9-4)37-47(41-48)51-43-46(34-29-18-13-8-3)54(56(51)55)50-40-45(33-15-10-5)39-49(42-50)53(58)36-31-28-26-24-22-20-17-12-7-2;2*1-3-2;/h37-43H,6-36H2,1-5H3;2*3H,1-2H2;. The van der Waals surface area contributed by atoms with Crippen LogP contribution in [0.5, 0.6) is 0 Å². The predicted octanol–water partition coefficient (Wildman–Crippen LogP) is 19.6. The Hall–Kier alpha value is -3.00. The number of unbranched alkanes of at least 4 members (excludes halogenated alkanes) is 21. The molecule has 1 aliphatic heterocycles. The van der Waals surface area contributed by atoms with Gasteiger partial charge in [0.15, 0.2) is 11.6 Å². The third-order valence-corrected chi connectivity index (χ3v) is 14.4. The van der Waals surface area contributed by atoms with Crippen LogP contribution >= 0.6 is 0 Å². The average Bonchev–Trinajstić information content (AvgIpc) is 3.65. The number of aryl methyl sites for hydroxylation is 2. The number of benzene rings is 2. The zero-order chi connectivity index (χ0) is 47.3. The first-order valence-corrected chi connectivity index (χ1v) is 28.9. The van der Waals surface area contributed by atoms with Crippen molar-refractivity contribution in [3.8, 4) is 0 Å². The number of rotatable bonds is 39. The fourth-order valence-electron chi connectivity index (χ4n) is 8.70. The molecule has 0 amide bonds. The van der Waals surface area contributed by atoms with Crippen molar-refractivity contribution in [2.24, 2.45) is 0 Å². The van der Waals surface area contributed by atoms with Crippen LogP contribution in [0.15, 0.2) is 73.4 Å². The molecule has 0 spiro atoms. The molecule has 0 fully saturated rings. The van der Waals surface area contributed by atoms with Crippen molar-refractivity contribution in [3.05, 3.63) is 112 Å². The number of hydrogen-bond acceptors (Lipinski definition) is 2. The third-order valence-electron chi connectivity index (χ3n) is 12.6. The van der Waals surface area contributed by atoms with Crippen LogP contribution < -0.4 is 0 Å². The number of ketones is 2. The van der Waals surface area contributed by atoms with E-state index in [9.17, 15) is 15.1 Å². The summed E-state index contributed by atoms with van der Waals surface area (Å²) in [6, 6.07) is 12.7. The molecule has 4 nitrogen and oxygen atoms in total. The molecule has 0 saturated heterocycles. The smallest absolute Gasteiger partial charge is 0.210 e. The first kappa shape index (κ1) is 58.1. The maximum absolute atomic E-state index is 13.8. The second-order valence-electron chi connectivity index (χ2n) is 18.6. The van der Waals surface area contributed by atoms with Crippen LogP contribution in [-0.2, 0) is 30.8 Å². The van der Waals surface area contributed by atoms with Gasteiger partial charge in [0.25, 0.3) is 0 Å². The zero-order valence-electron chi connectivity index (χ0n) is 42.5. The maximum atomic E-state index is 13.8. The summed E-state index contributed by atoms with van der Waals surface area (Å²) in [5, 5.41) is 0. The van der Waals surface area contributed by atoms with E-state index in [4.69, 9.17) is 0 Å². The first-order valence-electron chi connectivity index (χ1n) is 26.7. The van der Waals surface area contributed by atoms with Gasteiger partial charge in [-0.1, -0.05) is 169 Å². The number of allylic oxidation sites excluding steroid dienone is 4. The Kier molecular flexibility index (Phi) is 34.0. The molecule has 5 heteroatoms. The molecule has 0 unspecified atom stereocenters. The molecule has 1 aliphatic rings. The molecular formula is C60H94N2O2Pd. The topological polar surface area (TPSA) is 59.5 Å². The molecule has 0 saturated carbocycles. The van der Waals surface area contributed by atoms with Crippen molar-refractivity contribution in [1.29, 1.82) is 0 Å². The molecule has 0 N–H and O–H groups in total. The summed E-state index contributed by atoms with van der Waals surface area (Å²) in [5.74, 6) is 0.416. The van der Waals surface area contributed by atoms with Crippen molar-refractivity contribution in [2.45, 2.75) is 243 Å². The van der Waals surface area contributed by atoms with Crippen LogP contribution in [0.4, 0.5) is 0 Å². The van der Waals surface area contributed by atoms with Crippen LogP contribution in [0.1, 0.15) is 264 Å². The van der Waals surface area contributed by atoms with Crippen LogP contribution in [0.3, 0.4) is 0 Å². The summed E-state index contributed by atoms with van der Waals surface area (Å²) in [6.07, 6.45) is 41.0. The Bertz CT molecular complexity index is 1730. The van der Waals surface area contributed by atoms with Gasteiger partial charge in [-0.3, -0.25) is 9.59 Å². The zero-order valence-corrected chi connectivity index (χ0v) is 44.0. The minimum atomic E-state index is 0.206. The molecule has 2 aromatic rings. The average molecular weight is 982 g/mol. The third kappa shape index (κ3) is 24.6. The maximum Gasteiger partial charge on any atom is 0.210 e. The van der Waals surface area contributed by atoms with Gasteiger partial charge in [-0.05, 0) is 98.9 Å². The van der Waals surface area contributed by atoms with Crippen LogP contribution in [0.25, 0.3) is 16.9 Å². The summed E-state index contributed by atoms with van der Waals surface area (Å²) >= 11 is 0.832. The predicted molar refractivity (Wildman–Crippen MR) is 280 cm³/mol. The van der Waals surface area contributed by atoms with Gasteiger partial charge >= 0.3 is 53.1 Å². The van der Waals surface area contributed by atoms with Gasteiger partial charge in [0.1, 0.15) is 0 Å². The summed E-state index contributed by atoms with van der Waals surface area (Å²) in [7, 11) is 0. The van der Waals surface area contributed by atoms with E-state index in [1.165, 1.54) is 123 Å². The molecule has 2 aromatic carbocycles. The normalized spacial score (nSPS) is 12.4. The second kappa shape index (κ2) is 38.0. The summed E-state index contributed by atoms with van der Waals surface area (Å²) < 4.78 is 1.39. The van der Waals surface area contributed by atoms with E-state index >= 15 is 0 Å². The Morgan fingerprint density at radius 3 is 1.31 bits per heavy atom. The Labute approximate surface area is 408 Å². The first-order chi connectivity index (χ1) is 31.8.